The summed E-state index contributed by atoms with van der Waals surface area (Å²) in [5.74, 6) is -0.390. The summed E-state index contributed by atoms with van der Waals surface area (Å²) in [6, 6.07) is 17.9. The summed E-state index contributed by atoms with van der Waals surface area (Å²) >= 11 is 0. The predicted molar refractivity (Wildman–Crippen MR) is 76.8 cm³/mol. The molecule has 0 bridgehead atoms. The lowest BCUT2D eigenvalue weighted by Crippen LogP contribution is -2.13. The van der Waals surface area contributed by atoms with Crippen LogP contribution in [0.15, 0.2) is 70.9 Å². The van der Waals surface area contributed by atoms with Crippen LogP contribution >= 0.6 is 0 Å². The van der Waals surface area contributed by atoms with Crippen molar-refractivity contribution in [1.82, 2.24) is 0 Å². The fourth-order valence-electron chi connectivity index (χ4n) is 1.73. The Morgan fingerprint density at radius 3 is 2.25 bits per heavy atom. The van der Waals surface area contributed by atoms with Crippen molar-refractivity contribution in [3.63, 3.8) is 0 Å². The minimum absolute atomic E-state index is 0.322. The lowest BCUT2D eigenvalue weighted by atomic mass is 10.1. The van der Waals surface area contributed by atoms with Gasteiger partial charge in [-0.15, -0.1) is 0 Å². The Kier molecular flexibility index (Phi) is 5.00. The number of esters is 1. The first kappa shape index (κ1) is 13.9. The van der Waals surface area contributed by atoms with Crippen LogP contribution < -0.4 is 0 Å². The summed E-state index contributed by atoms with van der Waals surface area (Å²) in [5, 5.41) is 8.24. The minimum atomic E-state index is -0.726. The number of ether oxygens (including phenoxy) is 1. The Hall–Kier alpha value is -2.49. The van der Waals surface area contributed by atoms with Crippen LogP contribution in [0, 0.1) is 0 Å². The number of carbonyl (C=O) groups is 1. The second-order valence-electron chi connectivity index (χ2n) is 4.12. The number of rotatable bonds is 5. The van der Waals surface area contributed by atoms with E-state index in [4.69, 9.17) is 4.74 Å². The molecule has 0 saturated carbocycles. The third-order valence-electron chi connectivity index (χ3n) is 2.67. The topological polar surface area (TPSA) is 51.0 Å². The van der Waals surface area contributed by atoms with Crippen molar-refractivity contribution in [3.8, 4) is 0 Å². The maximum absolute atomic E-state index is 12.0. The number of carbonyl (C=O) groups excluding carboxylic acids is 1. The van der Waals surface area contributed by atoms with Gasteiger partial charge in [-0.3, -0.25) is 0 Å². The fraction of sp³-hybridized carbons (Fsp3) is 0.188. The van der Waals surface area contributed by atoms with E-state index in [9.17, 15) is 4.79 Å². The number of azo groups is 1. The van der Waals surface area contributed by atoms with Crippen LogP contribution in [0.4, 0.5) is 5.69 Å². The highest BCUT2D eigenvalue weighted by atomic mass is 16.5. The SMILES string of the molecule is CCOC(=O)C(N=Nc1ccccc1)c1ccccc1. The minimum Gasteiger partial charge on any atom is -0.464 e. The van der Waals surface area contributed by atoms with Crippen LogP contribution in [-0.4, -0.2) is 12.6 Å². The molecule has 0 spiro atoms. The molecule has 1 atom stereocenters. The van der Waals surface area contributed by atoms with Gasteiger partial charge >= 0.3 is 5.97 Å². The maximum atomic E-state index is 12.0. The standard InChI is InChI=1S/C16H16N2O2/c1-2-20-16(19)15(13-9-5-3-6-10-13)18-17-14-11-7-4-8-12-14/h3-12,15H,2H2,1H3. The molecule has 2 rings (SSSR count). The number of hydrogen-bond donors (Lipinski definition) is 0. The largest absolute Gasteiger partial charge is 0.464 e. The van der Waals surface area contributed by atoms with Gasteiger partial charge in [0.15, 0.2) is 6.04 Å². The highest BCUT2D eigenvalue weighted by Crippen LogP contribution is 2.22. The number of hydrogen-bond acceptors (Lipinski definition) is 4. The summed E-state index contributed by atoms with van der Waals surface area (Å²) in [6.45, 7) is 2.09. The molecule has 1 unspecified atom stereocenters. The van der Waals surface area contributed by atoms with E-state index in [0.29, 0.717) is 12.3 Å². The van der Waals surface area contributed by atoms with Gasteiger partial charge in [0.05, 0.1) is 12.3 Å². The van der Waals surface area contributed by atoms with Crippen molar-refractivity contribution in [2.45, 2.75) is 13.0 Å². The molecule has 0 saturated heterocycles. The monoisotopic (exact) mass is 268 g/mol. The first-order valence-electron chi connectivity index (χ1n) is 6.48. The van der Waals surface area contributed by atoms with Gasteiger partial charge in [-0.2, -0.15) is 10.2 Å². The molecule has 0 aromatic heterocycles. The smallest absolute Gasteiger partial charge is 0.337 e. The van der Waals surface area contributed by atoms with Crippen LogP contribution in [0.3, 0.4) is 0 Å². The Bertz CT molecular complexity index is 568. The normalized spacial score (nSPS) is 12.2. The lowest BCUT2D eigenvalue weighted by Gasteiger charge is -2.10. The highest BCUT2D eigenvalue weighted by molar-refractivity contribution is 5.77. The molecule has 102 valence electrons. The summed E-state index contributed by atoms with van der Waals surface area (Å²) in [6.07, 6.45) is 0. The molecular formula is C16H16N2O2. The van der Waals surface area contributed by atoms with Gasteiger partial charge < -0.3 is 4.74 Å². The number of benzene rings is 2. The van der Waals surface area contributed by atoms with Gasteiger partial charge in [-0.25, -0.2) is 4.79 Å². The van der Waals surface area contributed by atoms with E-state index in [1.165, 1.54) is 0 Å². The molecule has 0 aliphatic rings. The Morgan fingerprint density at radius 1 is 1.05 bits per heavy atom. The van der Waals surface area contributed by atoms with Crippen LogP contribution in [-0.2, 0) is 9.53 Å². The lowest BCUT2D eigenvalue weighted by molar-refractivity contribution is -0.144. The Morgan fingerprint density at radius 2 is 1.65 bits per heavy atom. The van der Waals surface area contributed by atoms with Gasteiger partial charge in [-0.05, 0) is 24.6 Å². The predicted octanol–water partition coefficient (Wildman–Crippen LogP) is 4.07. The average molecular weight is 268 g/mol. The zero-order valence-corrected chi connectivity index (χ0v) is 11.3. The molecule has 0 heterocycles. The van der Waals surface area contributed by atoms with Crippen molar-refractivity contribution in [2.75, 3.05) is 6.61 Å². The highest BCUT2D eigenvalue weighted by Gasteiger charge is 2.21. The zero-order chi connectivity index (χ0) is 14.2. The molecule has 0 aliphatic carbocycles. The molecule has 0 aliphatic heterocycles. The average Bonchev–Trinajstić information content (AvgIpc) is 2.50. The quantitative estimate of drug-likeness (QED) is 0.606. The molecule has 0 fully saturated rings. The molecule has 2 aromatic carbocycles. The molecule has 2 aromatic rings. The van der Waals surface area contributed by atoms with E-state index >= 15 is 0 Å². The zero-order valence-electron chi connectivity index (χ0n) is 11.3. The van der Waals surface area contributed by atoms with E-state index < -0.39 is 12.0 Å². The first-order valence-corrected chi connectivity index (χ1v) is 6.48. The van der Waals surface area contributed by atoms with Crippen molar-refractivity contribution < 1.29 is 9.53 Å². The van der Waals surface area contributed by atoms with Crippen molar-refractivity contribution >= 4 is 11.7 Å². The van der Waals surface area contributed by atoms with Crippen molar-refractivity contribution in [3.05, 3.63) is 66.2 Å². The summed E-state index contributed by atoms with van der Waals surface area (Å²) in [7, 11) is 0. The molecule has 0 amide bonds. The third kappa shape index (κ3) is 3.75. The first-order chi connectivity index (χ1) is 9.81. The van der Waals surface area contributed by atoms with Gasteiger partial charge in [0.25, 0.3) is 0 Å². The van der Waals surface area contributed by atoms with E-state index in [-0.39, 0.29) is 0 Å². The summed E-state index contributed by atoms with van der Waals surface area (Å²) in [4.78, 5) is 12.0. The van der Waals surface area contributed by atoms with Gasteiger partial charge in [-0.1, -0.05) is 48.5 Å². The Balaban J connectivity index is 2.23. The van der Waals surface area contributed by atoms with Crippen molar-refractivity contribution in [1.29, 1.82) is 0 Å². The van der Waals surface area contributed by atoms with E-state index in [0.717, 1.165) is 5.56 Å². The van der Waals surface area contributed by atoms with Crippen molar-refractivity contribution in [2.24, 2.45) is 10.2 Å². The second kappa shape index (κ2) is 7.19. The molecule has 4 nitrogen and oxygen atoms in total. The van der Waals surface area contributed by atoms with Gasteiger partial charge in [0.1, 0.15) is 0 Å². The van der Waals surface area contributed by atoms with Gasteiger partial charge in [0.2, 0.25) is 0 Å². The fourth-order valence-corrected chi connectivity index (χ4v) is 1.73. The molecule has 0 radical (unpaired) electrons. The maximum Gasteiger partial charge on any atom is 0.337 e. The Labute approximate surface area is 118 Å². The van der Waals surface area contributed by atoms with Crippen LogP contribution in [0.1, 0.15) is 18.5 Å². The van der Waals surface area contributed by atoms with E-state index in [2.05, 4.69) is 10.2 Å². The van der Waals surface area contributed by atoms with E-state index in [1.54, 1.807) is 6.92 Å². The molecule has 20 heavy (non-hydrogen) atoms. The number of nitrogens with zero attached hydrogens (tertiary/aromatic N) is 2. The third-order valence-corrected chi connectivity index (χ3v) is 2.67. The second-order valence-corrected chi connectivity index (χ2v) is 4.12. The van der Waals surface area contributed by atoms with Crippen LogP contribution in [0.2, 0.25) is 0 Å². The molecular weight excluding hydrogens is 252 g/mol. The van der Waals surface area contributed by atoms with Crippen LogP contribution in [0.25, 0.3) is 0 Å². The summed E-state index contributed by atoms with van der Waals surface area (Å²) in [5.41, 5.74) is 1.48. The molecule has 0 N–H and O–H groups in total. The molecule has 4 heteroatoms. The summed E-state index contributed by atoms with van der Waals surface area (Å²) < 4.78 is 5.05. The van der Waals surface area contributed by atoms with Crippen LogP contribution in [0.5, 0.6) is 0 Å². The van der Waals surface area contributed by atoms with Gasteiger partial charge in [0, 0.05) is 0 Å². The van der Waals surface area contributed by atoms with E-state index in [1.807, 2.05) is 60.7 Å².